The highest BCUT2D eigenvalue weighted by Gasteiger charge is 2.32. The average Bonchev–Trinajstić information content (AvgIpc) is 3.07. The molecule has 1 N–H and O–H groups in total. The number of carbonyl (C=O) groups excluding carboxylic acids is 1. The molecule has 7 heteroatoms. The lowest BCUT2D eigenvalue weighted by Crippen LogP contribution is -2.39. The van der Waals surface area contributed by atoms with Crippen molar-refractivity contribution < 1.29 is 4.79 Å². The van der Waals surface area contributed by atoms with Gasteiger partial charge in [-0.2, -0.15) is 5.10 Å². The molecule has 0 unspecified atom stereocenters. The second-order valence-electron chi connectivity index (χ2n) is 5.03. The number of thiazole rings is 1. The Morgan fingerprint density at radius 1 is 1.45 bits per heavy atom. The first-order valence-electron chi connectivity index (χ1n) is 6.77. The molecular formula is C13H17N5OS. The number of aromatic nitrogens is 4. The van der Waals surface area contributed by atoms with Gasteiger partial charge in [-0.3, -0.25) is 9.89 Å². The van der Waals surface area contributed by atoms with Crippen LogP contribution in [0.3, 0.4) is 0 Å². The molecule has 1 fully saturated rings. The number of nitrogens with zero attached hydrogens (tertiary/aromatic N) is 4. The molecule has 20 heavy (non-hydrogen) atoms. The van der Waals surface area contributed by atoms with E-state index in [-0.39, 0.29) is 11.9 Å². The maximum atomic E-state index is 12.8. The van der Waals surface area contributed by atoms with Crippen LogP contribution < -0.4 is 0 Å². The molecule has 0 bridgehead atoms. The third-order valence-corrected chi connectivity index (χ3v) is 4.67. The Morgan fingerprint density at radius 3 is 2.95 bits per heavy atom. The number of aryl methyl sites for hydroxylation is 2. The zero-order valence-corrected chi connectivity index (χ0v) is 12.4. The van der Waals surface area contributed by atoms with Crippen molar-refractivity contribution in [3.63, 3.8) is 0 Å². The number of rotatable bonds is 2. The Kier molecular flexibility index (Phi) is 3.52. The van der Waals surface area contributed by atoms with E-state index in [1.165, 1.54) is 17.7 Å². The molecule has 0 radical (unpaired) electrons. The van der Waals surface area contributed by atoms with Crippen LogP contribution >= 0.6 is 11.3 Å². The minimum absolute atomic E-state index is 0.000515. The molecule has 0 aromatic carbocycles. The molecule has 2 aromatic heterocycles. The fourth-order valence-electron chi connectivity index (χ4n) is 2.69. The van der Waals surface area contributed by atoms with E-state index >= 15 is 0 Å². The van der Waals surface area contributed by atoms with Crippen LogP contribution in [0.15, 0.2) is 6.33 Å². The molecule has 0 saturated carbocycles. The van der Waals surface area contributed by atoms with Gasteiger partial charge in [-0.15, -0.1) is 11.3 Å². The Bertz CT molecular complexity index is 606. The van der Waals surface area contributed by atoms with Crippen molar-refractivity contribution in [2.75, 3.05) is 6.54 Å². The van der Waals surface area contributed by atoms with Crippen molar-refractivity contribution in [3.8, 4) is 0 Å². The standard InChI is InChI=1S/C13H17N5OS/c1-8-11(20-9(2)16-8)13(19)18-6-4-3-5-10(18)12-14-7-15-17-12/h7,10H,3-6H2,1-2H3,(H,14,15,17)/t10-/m1/s1. The number of amides is 1. The molecule has 1 amide bonds. The number of carbonyl (C=O) groups is 1. The molecule has 1 aliphatic rings. The third-order valence-electron chi connectivity index (χ3n) is 3.61. The van der Waals surface area contributed by atoms with Crippen LogP contribution in [-0.4, -0.2) is 37.5 Å². The third kappa shape index (κ3) is 2.33. The van der Waals surface area contributed by atoms with Gasteiger partial charge >= 0.3 is 0 Å². The molecule has 106 valence electrons. The van der Waals surface area contributed by atoms with E-state index in [0.29, 0.717) is 0 Å². The van der Waals surface area contributed by atoms with Gasteiger partial charge in [-0.05, 0) is 33.1 Å². The van der Waals surface area contributed by atoms with Crippen LogP contribution in [0, 0.1) is 13.8 Å². The van der Waals surface area contributed by atoms with Crippen LogP contribution in [0.1, 0.15) is 51.5 Å². The minimum atomic E-state index is 0.000515. The lowest BCUT2D eigenvalue weighted by molar-refractivity contribution is 0.0604. The predicted molar refractivity (Wildman–Crippen MR) is 75.6 cm³/mol. The molecule has 1 aliphatic heterocycles. The van der Waals surface area contributed by atoms with E-state index in [2.05, 4.69) is 20.2 Å². The van der Waals surface area contributed by atoms with Crippen molar-refractivity contribution in [2.24, 2.45) is 0 Å². The van der Waals surface area contributed by atoms with Crippen molar-refractivity contribution in [3.05, 3.63) is 27.7 Å². The molecule has 3 rings (SSSR count). The number of piperidine rings is 1. The zero-order chi connectivity index (χ0) is 14.1. The summed E-state index contributed by atoms with van der Waals surface area (Å²) in [6, 6.07) is 0.000515. The highest BCUT2D eigenvalue weighted by Crippen LogP contribution is 2.31. The number of likely N-dealkylation sites (tertiary alicyclic amines) is 1. The molecule has 0 spiro atoms. The zero-order valence-electron chi connectivity index (χ0n) is 11.6. The fraction of sp³-hybridized carbons (Fsp3) is 0.538. The van der Waals surface area contributed by atoms with Gasteiger partial charge in [0.1, 0.15) is 17.0 Å². The average molecular weight is 291 g/mol. The Hall–Kier alpha value is -1.76. The Balaban J connectivity index is 1.90. The smallest absolute Gasteiger partial charge is 0.266 e. The first-order valence-corrected chi connectivity index (χ1v) is 7.58. The molecule has 3 heterocycles. The molecular weight excluding hydrogens is 274 g/mol. The highest BCUT2D eigenvalue weighted by molar-refractivity contribution is 7.13. The highest BCUT2D eigenvalue weighted by atomic mass is 32.1. The van der Waals surface area contributed by atoms with Gasteiger partial charge in [0.05, 0.1) is 16.7 Å². The van der Waals surface area contributed by atoms with Crippen LogP contribution in [0.5, 0.6) is 0 Å². The maximum absolute atomic E-state index is 12.8. The number of aromatic amines is 1. The minimum Gasteiger partial charge on any atom is -0.328 e. The number of hydrogen-bond donors (Lipinski definition) is 1. The van der Waals surface area contributed by atoms with E-state index in [1.54, 1.807) is 0 Å². The monoisotopic (exact) mass is 291 g/mol. The molecule has 1 atom stereocenters. The van der Waals surface area contributed by atoms with Crippen molar-refractivity contribution in [2.45, 2.75) is 39.2 Å². The van der Waals surface area contributed by atoms with E-state index in [9.17, 15) is 4.79 Å². The predicted octanol–water partition coefficient (Wildman–Crippen LogP) is 2.25. The molecule has 0 aliphatic carbocycles. The van der Waals surface area contributed by atoms with E-state index < -0.39 is 0 Å². The molecule has 1 saturated heterocycles. The summed E-state index contributed by atoms with van der Waals surface area (Å²) in [7, 11) is 0. The van der Waals surface area contributed by atoms with Gasteiger partial charge in [-0.25, -0.2) is 9.97 Å². The second-order valence-corrected chi connectivity index (χ2v) is 6.23. The lowest BCUT2D eigenvalue weighted by atomic mass is 10.0. The summed E-state index contributed by atoms with van der Waals surface area (Å²) in [5.41, 5.74) is 0.819. The first-order chi connectivity index (χ1) is 9.66. The summed E-state index contributed by atoms with van der Waals surface area (Å²) in [6.07, 6.45) is 4.56. The van der Waals surface area contributed by atoms with E-state index in [0.717, 1.165) is 47.2 Å². The van der Waals surface area contributed by atoms with Gasteiger partial charge < -0.3 is 4.90 Å². The molecule has 6 nitrogen and oxygen atoms in total. The first kappa shape index (κ1) is 13.2. The number of hydrogen-bond acceptors (Lipinski definition) is 5. The SMILES string of the molecule is Cc1nc(C)c(C(=O)N2CCCC[C@@H]2c2ncn[nH]2)s1. The largest absolute Gasteiger partial charge is 0.328 e. The summed E-state index contributed by atoms with van der Waals surface area (Å²) < 4.78 is 0. The number of nitrogens with one attached hydrogen (secondary N) is 1. The van der Waals surface area contributed by atoms with Gasteiger partial charge in [0.25, 0.3) is 5.91 Å². The topological polar surface area (TPSA) is 74.8 Å². The quantitative estimate of drug-likeness (QED) is 0.920. The normalized spacial score (nSPS) is 19.3. The van der Waals surface area contributed by atoms with Crippen molar-refractivity contribution in [1.82, 2.24) is 25.1 Å². The van der Waals surface area contributed by atoms with E-state index in [4.69, 9.17) is 0 Å². The second kappa shape index (κ2) is 5.32. The fourth-order valence-corrected chi connectivity index (χ4v) is 3.57. The summed E-state index contributed by atoms with van der Waals surface area (Å²) in [4.78, 5) is 24.0. The van der Waals surface area contributed by atoms with E-state index in [1.807, 2.05) is 18.7 Å². The Morgan fingerprint density at radius 2 is 2.30 bits per heavy atom. The van der Waals surface area contributed by atoms with Gasteiger partial charge in [0, 0.05) is 6.54 Å². The van der Waals surface area contributed by atoms with Crippen LogP contribution in [0.4, 0.5) is 0 Å². The number of H-pyrrole nitrogens is 1. The summed E-state index contributed by atoms with van der Waals surface area (Å²) in [5.74, 6) is 0.839. The maximum Gasteiger partial charge on any atom is 0.266 e. The summed E-state index contributed by atoms with van der Waals surface area (Å²) >= 11 is 1.47. The van der Waals surface area contributed by atoms with Crippen molar-refractivity contribution >= 4 is 17.2 Å². The molecule has 2 aromatic rings. The van der Waals surface area contributed by atoms with Crippen LogP contribution in [0.2, 0.25) is 0 Å². The van der Waals surface area contributed by atoms with Crippen LogP contribution in [0.25, 0.3) is 0 Å². The van der Waals surface area contributed by atoms with Gasteiger partial charge in [0.15, 0.2) is 0 Å². The van der Waals surface area contributed by atoms with Gasteiger partial charge in [0.2, 0.25) is 0 Å². The Labute approximate surface area is 121 Å². The summed E-state index contributed by atoms with van der Waals surface area (Å²) in [5, 5.41) is 7.73. The summed E-state index contributed by atoms with van der Waals surface area (Å²) in [6.45, 7) is 4.59. The van der Waals surface area contributed by atoms with Crippen LogP contribution in [-0.2, 0) is 0 Å². The van der Waals surface area contributed by atoms with Gasteiger partial charge in [-0.1, -0.05) is 0 Å². The van der Waals surface area contributed by atoms with Crippen molar-refractivity contribution in [1.29, 1.82) is 0 Å². The lowest BCUT2D eigenvalue weighted by Gasteiger charge is -2.34.